The van der Waals surface area contributed by atoms with Gasteiger partial charge in [0.25, 0.3) is 5.91 Å². The SMILES string of the molecule is Cc1ccnc(C(N)=O)c1C(=O)O. The van der Waals surface area contributed by atoms with Crippen LogP contribution >= 0.6 is 0 Å². The third-order valence-corrected chi connectivity index (χ3v) is 1.61. The lowest BCUT2D eigenvalue weighted by atomic mass is 10.1. The monoisotopic (exact) mass is 180 g/mol. The van der Waals surface area contributed by atoms with E-state index in [2.05, 4.69) is 4.98 Å². The van der Waals surface area contributed by atoms with Crippen molar-refractivity contribution >= 4 is 11.9 Å². The zero-order valence-corrected chi connectivity index (χ0v) is 6.94. The van der Waals surface area contributed by atoms with Gasteiger partial charge in [0.15, 0.2) is 0 Å². The molecule has 0 aliphatic heterocycles. The van der Waals surface area contributed by atoms with Gasteiger partial charge in [-0.15, -0.1) is 0 Å². The average Bonchev–Trinajstić information content (AvgIpc) is 2.02. The van der Waals surface area contributed by atoms with Crippen molar-refractivity contribution < 1.29 is 14.7 Å². The number of aryl methyl sites for hydroxylation is 1. The maximum Gasteiger partial charge on any atom is 0.338 e. The molecule has 68 valence electrons. The number of carbonyl (C=O) groups is 2. The highest BCUT2D eigenvalue weighted by Crippen LogP contribution is 2.10. The summed E-state index contributed by atoms with van der Waals surface area (Å²) in [5.74, 6) is -2.03. The highest BCUT2D eigenvalue weighted by molar-refractivity contribution is 6.03. The largest absolute Gasteiger partial charge is 0.478 e. The Kier molecular flexibility index (Phi) is 2.27. The van der Waals surface area contributed by atoms with E-state index in [0.29, 0.717) is 5.56 Å². The Hall–Kier alpha value is -1.91. The van der Waals surface area contributed by atoms with Crippen LogP contribution in [0.2, 0.25) is 0 Å². The van der Waals surface area contributed by atoms with Gasteiger partial charge in [0.2, 0.25) is 0 Å². The number of hydrogen-bond acceptors (Lipinski definition) is 3. The fraction of sp³-hybridized carbons (Fsp3) is 0.125. The van der Waals surface area contributed by atoms with Crippen LogP contribution < -0.4 is 5.73 Å². The second kappa shape index (κ2) is 3.22. The lowest BCUT2D eigenvalue weighted by Crippen LogP contribution is -2.19. The quantitative estimate of drug-likeness (QED) is 0.679. The van der Waals surface area contributed by atoms with E-state index in [1.54, 1.807) is 6.92 Å². The molecule has 0 saturated carbocycles. The average molecular weight is 180 g/mol. The third-order valence-electron chi connectivity index (χ3n) is 1.61. The van der Waals surface area contributed by atoms with Crippen LogP contribution in [0.3, 0.4) is 0 Å². The molecule has 5 nitrogen and oxygen atoms in total. The van der Waals surface area contributed by atoms with E-state index in [0.717, 1.165) is 0 Å². The van der Waals surface area contributed by atoms with Gasteiger partial charge in [-0.25, -0.2) is 4.79 Å². The molecule has 0 unspecified atom stereocenters. The molecule has 3 N–H and O–H groups in total. The van der Waals surface area contributed by atoms with E-state index >= 15 is 0 Å². The van der Waals surface area contributed by atoms with Crippen LogP contribution in [-0.2, 0) is 0 Å². The minimum atomic E-state index is -1.19. The molecule has 13 heavy (non-hydrogen) atoms. The van der Waals surface area contributed by atoms with Crippen LogP contribution in [0, 0.1) is 6.92 Å². The molecular weight excluding hydrogens is 172 g/mol. The van der Waals surface area contributed by atoms with Gasteiger partial charge < -0.3 is 10.8 Å². The normalized spacial score (nSPS) is 9.62. The second-order valence-corrected chi connectivity index (χ2v) is 2.52. The minimum Gasteiger partial charge on any atom is -0.478 e. The molecule has 0 radical (unpaired) electrons. The number of hydrogen-bond donors (Lipinski definition) is 2. The topological polar surface area (TPSA) is 93.3 Å². The number of aromatic carboxylic acids is 1. The Labute approximate surface area is 74.2 Å². The molecule has 1 rings (SSSR count). The molecule has 1 aromatic rings. The molecule has 5 heteroatoms. The Balaban J connectivity index is 3.43. The van der Waals surface area contributed by atoms with Crippen LogP contribution in [-0.4, -0.2) is 22.0 Å². The number of carbonyl (C=O) groups excluding carboxylic acids is 1. The Morgan fingerprint density at radius 1 is 1.54 bits per heavy atom. The molecule has 1 amide bonds. The highest BCUT2D eigenvalue weighted by Gasteiger charge is 2.17. The number of carboxylic acids is 1. The number of rotatable bonds is 2. The first-order valence-corrected chi connectivity index (χ1v) is 3.52. The Morgan fingerprint density at radius 3 is 2.54 bits per heavy atom. The van der Waals surface area contributed by atoms with Gasteiger partial charge in [-0.2, -0.15) is 0 Å². The lowest BCUT2D eigenvalue weighted by molar-refractivity contribution is 0.0690. The Morgan fingerprint density at radius 2 is 2.15 bits per heavy atom. The molecule has 0 aliphatic rings. The van der Waals surface area contributed by atoms with Crippen LogP contribution in [0.1, 0.15) is 26.4 Å². The second-order valence-electron chi connectivity index (χ2n) is 2.52. The zero-order valence-electron chi connectivity index (χ0n) is 6.94. The van der Waals surface area contributed by atoms with Crippen molar-refractivity contribution in [2.75, 3.05) is 0 Å². The van der Waals surface area contributed by atoms with Crippen LogP contribution in [0.5, 0.6) is 0 Å². The first kappa shape index (κ1) is 9.18. The summed E-state index contributed by atoms with van der Waals surface area (Å²) in [5.41, 5.74) is 5.09. The number of nitrogens with two attached hydrogens (primary N) is 1. The first-order chi connectivity index (χ1) is 6.04. The summed E-state index contributed by atoms with van der Waals surface area (Å²) >= 11 is 0. The van der Waals surface area contributed by atoms with Crippen LogP contribution in [0.4, 0.5) is 0 Å². The fourth-order valence-corrected chi connectivity index (χ4v) is 1.02. The number of primary amides is 1. The number of nitrogens with zero attached hydrogens (tertiary/aromatic N) is 1. The molecule has 1 aromatic heterocycles. The summed E-state index contributed by atoms with van der Waals surface area (Å²) in [6, 6.07) is 1.51. The van der Waals surface area contributed by atoms with E-state index < -0.39 is 11.9 Å². The van der Waals surface area contributed by atoms with Gasteiger partial charge in [0.05, 0.1) is 5.56 Å². The summed E-state index contributed by atoms with van der Waals surface area (Å²) in [6.07, 6.45) is 1.35. The molecule has 0 bridgehead atoms. The number of amides is 1. The van der Waals surface area contributed by atoms with E-state index in [1.807, 2.05) is 0 Å². The van der Waals surface area contributed by atoms with Crippen LogP contribution in [0.15, 0.2) is 12.3 Å². The lowest BCUT2D eigenvalue weighted by Gasteiger charge is -2.03. The molecule has 0 spiro atoms. The van der Waals surface area contributed by atoms with Gasteiger partial charge >= 0.3 is 5.97 Å². The summed E-state index contributed by atoms with van der Waals surface area (Å²) < 4.78 is 0. The van der Waals surface area contributed by atoms with Crippen molar-refractivity contribution in [2.45, 2.75) is 6.92 Å². The summed E-state index contributed by atoms with van der Waals surface area (Å²) in [5, 5.41) is 8.75. The predicted octanol–water partition coefficient (Wildman–Crippen LogP) is 0.187. The van der Waals surface area contributed by atoms with Crippen molar-refractivity contribution in [1.82, 2.24) is 4.98 Å². The molecule has 0 aliphatic carbocycles. The zero-order chi connectivity index (χ0) is 10.0. The first-order valence-electron chi connectivity index (χ1n) is 3.52. The van der Waals surface area contributed by atoms with Crippen molar-refractivity contribution in [3.63, 3.8) is 0 Å². The maximum absolute atomic E-state index is 10.8. The van der Waals surface area contributed by atoms with E-state index in [4.69, 9.17) is 10.8 Å². The van der Waals surface area contributed by atoms with Crippen LogP contribution in [0.25, 0.3) is 0 Å². The molecule has 0 fully saturated rings. The minimum absolute atomic E-state index is 0.130. The van der Waals surface area contributed by atoms with Crippen molar-refractivity contribution in [3.05, 3.63) is 29.1 Å². The predicted molar refractivity (Wildman–Crippen MR) is 44.5 cm³/mol. The van der Waals surface area contributed by atoms with Gasteiger partial charge in [-0.1, -0.05) is 0 Å². The molecule has 1 heterocycles. The van der Waals surface area contributed by atoms with Crippen molar-refractivity contribution in [2.24, 2.45) is 5.73 Å². The van der Waals surface area contributed by atoms with Crippen molar-refractivity contribution in [3.8, 4) is 0 Å². The summed E-state index contributed by atoms with van der Waals surface area (Å²) in [6.45, 7) is 1.58. The number of aromatic nitrogens is 1. The van der Waals surface area contributed by atoms with Gasteiger partial charge in [0.1, 0.15) is 5.69 Å². The molecule has 0 atom stereocenters. The van der Waals surface area contributed by atoms with E-state index in [-0.39, 0.29) is 11.3 Å². The van der Waals surface area contributed by atoms with Gasteiger partial charge in [0, 0.05) is 6.20 Å². The summed E-state index contributed by atoms with van der Waals surface area (Å²) in [7, 11) is 0. The maximum atomic E-state index is 10.8. The molecule has 0 aromatic carbocycles. The molecular formula is C8H8N2O3. The molecule has 0 saturated heterocycles. The van der Waals surface area contributed by atoms with E-state index in [1.165, 1.54) is 12.3 Å². The number of pyridine rings is 1. The van der Waals surface area contributed by atoms with Crippen molar-refractivity contribution in [1.29, 1.82) is 0 Å². The van der Waals surface area contributed by atoms with Gasteiger partial charge in [-0.05, 0) is 18.6 Å². The van der Waals surface area contributed by atoms with Gasteiger partial charge in [-0.3, -0.25) is 9.78 Å². The third kappa shape index (κ3) is 1.64. The number of carboxylic acid groups (broad SMARTS) is 1. The highest BCUT2D eigenvalue weighted by atomic mass is 16.4. The van der Waals surface area contributed by atoms with E-state index in [9.17, 15) is 9.59 Å². The summed E-state index contributed by atoms with van der Waals surface area (Å²) in [4.78, 5) is 25.1. The smallest absolute Gasteiger partial charge is 0.338 e. The Bertz CT molecular complexity index is 374. The standard InChI is InChI=1S/C8H8N2O3/c1-4-2-3-10-6(7(9)11)5(4)8(12)13/h2-3H,1H3,(H2,9,11)(H,12,13). The fourth-order valence-electron chi connectivity index (χ4n) is 1.02.